The predicted molar refractivity (Wildman–Crippen MR) is 258 cm³/mol. The maximum absolute atomic E-state index is 5.43. The van der Waals surface area contributed by atoms with Crippen molar-refractivity contribution in [2.24, 2.45) is 0 Å². The molecule has 0 fully saturated rings. The van der Waals surface area contributed by atoms with Crippen molar-refractivity contribution >= 4 is 71.2 Å². The highest BCUT2D eigenvalue weighted by Crippen LogP contribution is 2.52. The van der Waals surface area contributed by atoms with Gasteiger partial charge in [0.25, 0.3) is 0 Å². The molecule has 0 amide bonds. The van der Waals surface area contributed by atoms with E-state index in [9.17, 15) is 0 Å². The average molecular weight is 814 g/mol. The first kappa shape index (κ1) is 35.6. The lowest BCUT2D eigenvalue weighted by molar-refractivity contribution is 1.23. The van der Waals surface area contributed by atoms with Crippen LogP contribution in [0.1, 0.15) is 0 Å². The van der Waals surface area contributed by atoms with E-state index in [2.05, 4.69) is 217 Å². The van der Waals surface area contributed by atoms with Crippen molar-refractivity contribution < 1.29 is 0 Å². The fraction of sp³-hybridized carbons (Fsp3) is 0. The molecule has 1 aliphatic heterocycles. The minimum Gasteiger partial charge on any atom is -0.310 e. The number of nitrogens with zero attached hydrogens (tertiary/aromatic N) is 3. The maximum atomic E-state index is 5.43. The average Bonchev–Trinajstić information content (AvgIpc) is 3.72. The molecule has 0 aliphatic carbocycles. The van der Waals surface area contributed by atoms with E-state index in [1.54, 1.807) is 11.3 Å². The number of thiophene rings is 1. The first-order valence-electron chi connectivity index (χ1n) is 20.5. The van der Waals surface area contributed by atoms with Crippen molar-refractivity contribution in [1.82, 2.24) is 9.97 Å². The highest BCUT2D eigenvalue weighted by atomic mass is 32.2. The summed E-state index contributed by atoms with van der Waals surface area (Å²) in [5.74, 6) is 0.726. The second-order valence-electron chi connectivity index (χ2n) is 15.3. The first-order valence-corrected chi connectivity index (χ1v) is 22.1. The largest absolute Gasteiger partial charge is 0.310 e. The van der Waals surface area contributed by atoms with Crippen LogP contribution in [-0.2, 0) is 0 Å². The molecule has 0 saturated carbocycles. The number of hydrogen-bond acceptors (Lipinski definition) is 5. The van der Waals surface area contributed by atoms with Gasteiger partial charge in [-0.2, -0.15) is 0 Å². The molecular formula is C56H35N3S2. The summed E-state index contributed by atoms with van der Waals surface area (Å²) in [6.45, 7) is 0. The Kier molecular flexibility index (Phi) is 8.61. The fourth-order valence-electron chi connectivity index (χ4n) is 8.80. The van der Waals surface area contributed by atoms with E-state index < -0.39 is 0 Å². The lowest BCUT2D eigenvalue weighted by Gasteiger charge is -2.29. The molecule has 0 saturated heterocycles. The van der Waals surface area contributed by atoms with E-state index in [1.165, 1.54) is 58.6 Å². The van der Waals surface area contributed by atoms with E-state index in [1.807, 2.05) is 11.8 Å². The molecule has 0 unspecified atom stereocenters. The summed E-state index contributed by atoms with van der Waals surface area (Å²) in [6.07, 6.45) is 0. The third kappa shape index (κ3) is 6.21. The summed E-state index contributed by atoms with van der Waals surface area (Å²) < 4.78 is 2.31. The van der Waals surface area contributed by atoms with Crippen molar-refractivity contribution in [3.05, 3.63) is 212 Å². The van der Waals surface area contributed by atoms with Crippen LogP contribution in [0.4, 0.5) is 17.1 Å². The molecule has 0 bridgehead atoms. The molecule has 2 aromatic heterocycles. The zero-order valence-electron chi connectivity index (χ0n) is 32.9. The van der Waals surface area contributed by atoms with Gasteiger partial charge in [0, 0.05) is 53.2 Å². The Bertz CT molecular complexity index is 3450. The Morgan fingerprint density at radius 2 is 1.02 bits per heavy atom. The van der Waals surface area contributed by atoms with Crippen molar-refractivity contribution in [2.75, 3.05) is 4.90 Å². The Hall–Kier alpha value is -7.31. The number of aromatic nitrogens is 2. The van der Waals surface area contributed by atoms with Crippen molar-refractivity contribution in [1.29, 1.82) is 0 Å². The Morgan fingerprint density at radius 3 is 1.82 bits per heavy atom. The second kappa shape index (κ2) is 14.8. The van der Waals surface area contributed by atoms with Gasteiger partial charge in [-0.3, -0.25) is 0 Å². The van der Waals surface area contributed by atoms with Crippen molar-refractivity contribution in [2.45, 2.75) is 9.79 Å². The molecular weight excluding hydrogens is 779 g/mol. The maximum Gasteiger partial charge on any atom is 0.160 e. The summed E-state index contributed by atoms with van der Waals surface area (Å²) in [6, 6.07) is 76.2. The molecule has 1 aliphatic rings. The van der Waals surface area contributed by atoms with Gasteiger partial charge in [0.05, 0.1) is 21.6 Å². The minimum atomic E-state index is 0.726. The van der Waals surface area contributed by atoms with E-state index in [0.717, 1.165) is 55.3 Å². The van der Waals surface area contributed by atoms with E-state index in [-0.39, 0.29) is 0 Å². The Labute approximate surface area is 362 Å². The van der Waals surface area contributed by atoms with Crippen LogP contribution < -0.4 is 4.90 Å². The molecule has 12 rings (SSSR count). The van der Waals surface area contributed by atoms with Gasteiger partial charge in [0.15, 0.2) is 5.82 Å². The molecule has 3 nitrogen and oxygen atoms in total. The SMILES string of the molecule is c1ccc(-c2cccc(-c3nc(-c4ccc5c(c4)-c4cccc6c(N(c7ccccc7)c7cccc(-c8ccccc8)c7)ccc(c46)S5)nc4c3sc3ccccc34)c2)cc1. The number of rotatable bonds is 7. The zero-order valence-corrected chi connectivity index (χ0v) is 34.5. The summed E-state index contributed by atoms with van der Waals surface area (Å²) >= 11 is 3.61. The quantitative estimate of drug-likeness (QED) is 0.160. The molecule has 5 heteroatoms. The van der Waals surface area contributed by atoms with Crippen LogP contribution in [0.25, 0.3) is 87.1 Å². The number of benzene rings is 9. The van der Waals surface area contributed by atoms with Crippen LogP contribution in [-0.4, -0.2) is 9.97 Å². The van der Waals surface area contributed by atoms with Gasteiger partial charge in [-0.15, -0.1) is 11.3 Å². The van der Waals surface area contributed by atoms with Crippen molar-refractivity contribution in [3.8, 4) is 56.0 Å². The summed E-state index contributed by atoms with van der Waals surface area (Å²) in [4.78, 5) is 15.7. The van der Waals surface area contributed by atoms with E-state index in [4.69, 9.17) is 9.97 Å². The number of para-hydroxylation sites is 1. The van der Waals surface area contributed by atoms with Gasteiger partial charge >= 0.3 is 0 Å². The molecule has 61 heavy (non-hydrogen) atoms. The molecule has 9 aromatic carbocycles. The second-order valence-corrected chi connectivity index (χ2v) is 17.5. The van der Waals surface area contributed by atoms with Crippen LogP contribution in [0, 0.1) is 0 Å². The summed E-state index contributed by atoms with van der Waals surface area (Å²) in [5.41, 5.74) is 14.5. The zero-order chi connectivity index (χ0) is 40.3. The van der Waals surface area contributed by atoms with Gasteiger partial charge in [0.1, 0.15) is 0 Å². The molecule has 0 radical (unpaired) electrons. The molecule has 0 N–H and O–H groups in total. The predicted octanol–water partition coefficient (Wildman–Crippen LogP) is 16.3. The molecule has 3 heterocycles. The molecule has 286 valence electrons. The van der Waals surface area contributed by atoms with Gasteiger partial charge in [0.2, 0.25) is 0 Å². The summed E-state index contributed by atoms with van der Waals surface area (Å²) in [5, 5.41) is 3.62. The highest BCUT2D eigenvalue weighted by molar-refractivity contribution is 7.99. The van der Waals surface area contributed by atoms with Gasteiger partial charge in [-0.25, -0.2) is 9.97 Å². The minimum absolute atomic E-state index is 0.726. The topological polar surface area (TPSA) is 29.0 Å². The van der Waals surface area contributed by atoms with Crippen molar-refractivity contribution in [3.63, 3.8) is 0 Å². The van der Waals surface area contributed by atoms with Gasteiger partial charge in [-0.1, -0.05) is 163 Å². The number of fused-ring (bicyclic) bond motifs is 5. The fourth-order valence-corrected chi connectivity index (χ4v) is 11.1. The third-order valence-corrected chi connectivity index (χ3v) is 14.0. The lowest BCUT2D eigenvalue weighted by Crippen LogP contribution is -2.11. The van der Waals surface area contributed by atoms with Crippen LogP contribution >= 0.6 is 23.1 Å². The molecule has 0 spiro atoms. The third-order valence-electron chi connectivity index (χ3n) is 11.7. The first-order chi connectivity index (χ1) is 30.2. The Morgan fingerprint density at radius 1 is 0.393 bits per heavy atom. The number of hydrogen-bond donors (Lipinski definition) is 0. The van der Waals surface area contributed by atoms with Crippen LogP contribution in [0.5, 0.6) is 0 Å². The van der Waals surface area contributed by atoms with E-state index >= 15 is 0 Å². The standard InChI is InChI=1S/C56H35N3S2/c1-4-15-36(16-5-1)38-19-12-21-40(33-38)53-55-54(46-25-10-11-28-49(46)61-55)58-56(57-53)41-29-31-50-47(35-41)44-26-14-27-45-48(30-32-51(60-50)52(44)45)59(42-22-8-3-9-23-42)43-24-13-20-39(34-43)37-17-6-2-7-18-37/h1-35H. The monoisotopic (exact) mass is 813 g/mol. The van der Waals surface area contributed by atoms with E-state index in [0.29, 0.717) is 0 Å². The van der Waals surface area contributed by atoms with Crippen LogP contribution in [0.3, 0.4) is 0 Å². The molecule has 11 aromatic rings. The Balaban J connectivity index is 1.02. The van der Waals surface area contributed by atoms with Crippen LogP contribution in [0.15, 0.2) is 222 Å². The molecule has 0 atom stereocenters. The van der Waals surface area contributed by atoms with Gasteiger partial charge < -0.3 is 4.90 Å². The normalized spacial score (nSPS) is 11.9. The lowest BCUT2D eigenvalue weighted by atomic mass is 9.94. The number of anilines is 3. The smallest absolute Gasteiger partial charge is 0.160 e. The van der Waals surface area contributed by atoms with Gasteiger partial charge in [-0.05, 0) is 94.0 Å². The summed E-state index contributed by atoms with van der Waals surface area (Å²) in [7, 11) is 0. The van der Waals surface area contributed by atoms with Crippen LogP contribution in [0.2, 0.25) is 0 Å². The highest BCUT2D eigenvalue weighted by Gasteiger charge is 2.25.